The maximum atomic E-state index is 13.6. The van der Waals surface area contributed by atoms with Crippen molar-refractivity contribution in [3.8, 4) is 11.8 Å². The van der Waals surface area contributed by atoms with Crippen LogP contribution in [0.3, 0.4) is 0 Å². The number of nitrogens with one attached hydrogen (secondary N) is 3. The highest BCUT2D eigenvalue weighted by Crippen LogP contribution is 2.31. The first-order valence-corrected chi connectivity index (χ1v) is 17.6. The van der Waals surface area contributed by atoms with Gasteiger partial charge in [-0.15, -0.1) is 0 Å². The monoisotopic (exact) mass is 742 g/mol. The van der Waals surface area contributed by atoms with Crippen LogP contribution in [0.25, 0.3) is 10.9 Å². The number of alkyl halides is 3. The van der Waals surface area contributed by atoms with E-state index in [9.17, 15) is 18.0 Å². The number of fused-ring (bicyclic) bond motifs is 1. The molecule has 2 heterocycles. The van der Waals surface area contributed by atoms with Gasteiger partial charge in [0.05, 0.1) is 64.0 Å². The van der Waals surface area contributed by atoms with Crippen molar-refractivity contribution in [1.82, 2.24) is 14.8 Å². The Morgan fingerprint density at radius 3 is 2.42 bits per heavy atom. The molecule has 0 atom stereocenters. The second kappa shape index (κ2) is 22.4. The number of hydrogen-bond donors (Lipinski definition) is 5. The lowest BCUT2D eigenvalue weighted by atomic mass is 10.0. The maximum absolute atomic E-state index is 13.6. The van der Waals surface area contributed by atoms with Gasteiger partial charge in [-0.1, -0.05) is 30.2 Å². The van der Waals surface area contributed by atoms with E-state index in [1.807, 2.05) is 36.4 Å². The average Bonchev–Trinajstić information content (AvgIpc) is 3.49. The van der Waals surface area contributed by atoms with Gasteiger partial charge in [-0.05, 0) is 49.1 Å². The highest BCUT2D eigenvalue weighted by molar-refractivity contribution is 6.31. The summed E-state index contributed by atoms with van der Waals surface area (Å²) in [5.74, 6) is 10.7. The summed E-state index contributed by atoms with van der Waals surface area (Å²) in [4.78, 5) is 17.9. The predicted octanol–water partition coefficient (Wildman–Crippen LogP) is 3.09. The lowest BCUT2D eigenvalue weighted by Crippen LogP contribution is -2.40. The van der Waals surface area contributed by atoms with Crippen molar-refractivity contribution in [2.75, 3.05) is 96.2 Å². The summed E-state index contributed by atoms with van der Waals surface area (Å²) in [6.07, 6.45) is -1.35. The molecule has 0 spiro atoms. The topological polar surface area (TPSA) is 160 Å². The fourth-order valence-electron chi connectivity index (χ4n) is 5.62. The Morgan fingerprint density at radius 2 is 1.72 bits per heavy atom. The summed E-state index contributed by atoms with van der Waals surface area (Å²) in [5, 5.41) is 22.4. The molecule has 0 bridgehead atoms. The number of anilines is 2. The summed E-state index contributed by atoms with van der Waals surface area (Å²) in [6.45, 7) is 4.27. The number of ether oxygens (including phenoxy) is 3. The van der Waals surface area contributed by atoms with E-state index in [0.29, 0.717) is 63.9 Å². The number of halogens is 3. The molecule has 0 saturated carbocycles. The number of rotatable bonds is 21. The number of carbonyl (C=O) groups is 1. The number of carbonyl (C=O) groups excluding carboxylic acids is 1. The molecule has 288 valence electrons. The van der Waals surface area contributed by atoms with Crippen LogP contribution in [-0.2, 0) is 25.5 Å². The number of hydrazone groups is 1. The smallest absolute Gasteiger partial charge is 0.390 e. The number of aromatic nitrogens is 1. The molecule has 0 unspecified atom stereocenters. The zero-order valence-corrected chi connectivity index (χ0v) is 29.7. The Kier molecular flexibility index (Phi) is 17.4. The second-order valence-electron chi connectivity index (χ2n) is 12.2. The van der Waals surface area contributed by atoms with Gasteiger partial charge in [0, 0.05) is 55.2 Å². The molecule has 6 N–H and O–H groups in total. The summed E-state index contributed by atoms with van der Waals surface area (Å²) in [5.41, 5.74) is 2.70. The number of amides is 1. The molecule has 16 heteroatoms. The highest BCUT2D eigenvalue weighted by atomic mass is 19.4. The van der Waals surface area contributed by atoms with Gasteiger partial charge in [0.1, 0.15) is 18.8 Å². The van der Waals surface area contributed by atoms with E-state index < -0.39 is 12.7 Å². The van der Waals surface area contributed by atoms with Gasteiger partial charge in [-0.3, -0.25) is 9.79 Å². The third-order valence-electron chi connectivity index (χ3n) is 8.27. The van der Waals surface area contributed by atoms with Crippen molar-refractivity contribution >= 4 is 40.1 Å². The van der Waals surface area contributed by atoms with Gasteiger partial charge in [-0.25, -0.2) is 0 Å². The number of aliphatic imine (C=N–C) groups is 1. The minimum absolute atomic E-state index is 0.101. The van der Waals surface area contributed by atoms with Crippen LogP contribution in [0.4, 0.5) is 24.5 Å². The highest BCUT2D eigenvalue weighted by Gasteiger charge is 2.30. The van der Waals surface area contributed by atoms with E-state index in [2.05, 4.69) is 42.8 Å². The summed E-state index contributed by atoms with van der Waals surface area (Å²) in [6, 6.07) is 16.9. The summed E-state index contributed by atoms with van der Waals surface area (Å²) < 4.78 is 58.8. The molecular weight excluding hydrogens is 693 g/mol. The van der Waals surface area contributed by atoms with Crippen LogP contribution in [0.1, 0.15) is 18.5 Å². The number of para-hydroxylation sites is 1. The molecule has 3 aromatic rings. The Bertz CT molecular complexity index is 1670. The first kappa shape index (κ1) is 41.1. The molecular formula is C37H49F3N8O5. The first-order chi connectivity index (χ1) is 25.8. The van der Waals surface area contributed by atoms with Crippen LogP contribution in [0.5, 0.6) is 0 Å². The van der Waals surface area contributed by atoms with Crippen LogP contribution < -0.4 is 21.8 Å². The number of aliphatic hydroxyl groups is 1. The van der Waals surface area contributed by atoms with Crippen LogP contribution >= 0.6 is 0 Å². The van der Waals surface area contributed by atoms with E-state index in [4.69, 9.17) is 25.2 Å². The van der Waals surface area contributed by atoms with E-state index >= 15 is 0 Å². The van der Waals surface area contributed by atoms with Crippen molar-refractivity contribution < 1.29 is 37.3 Å². The molecule has 13 nitrogen and oxygen atoms in total. The number of nitrogens with zero attached hydrogens (tertiary/aromatic N) is 4. The number of hydrogen-bond acceptors (Lipinski definition) is 11. The second-order valence-corrected chi connectivity index (χ2v) is 12.2. The number of aliphatic hydroxyl groups excluding tert-OH is 1. The largest absolute Gasteiger partial charge is 0.406 e. The van der Waals surface area contributed by atoms with Crippen LogP contribution in [-0.4, -0.2) is 130 Å². The zero-order chi connectivity index (χ0) is 37.7. The first-order valence-electron chi connectivity index (χ1n) is 17.6. The molecule has 1 aliphatic heterocycles. The zero-order valence-electron chi connectivity index (χ0n) is 29.7. The van der Waals surface area contributed by atoms with Crippen molar-refractivity contribution in [3.05, 3.63) is 60.3 Å². The normalized spacial score (nSPS) is 14.4. The van der Waals surface area contributed by atoms with Gasteiger partial charge in [0.2, 0.25) is 5.91 Å². The standard InChI is InChI=1S/C37H49F3N8O5/c38-37(39,40)28-48-32(8-5-13-43-29-6-2-1-3-7-29)24-33-34(9-4-10-35(33)48)45-30-11-15-47(16-12-30)17-19-52-21-23-53-22-20-51-18-14-44-36(50)26-42-25-31(27-49)46-41/h1-4,6-7,9-10,24-25,30,43,45,49H,11-23,26-28,41H2,(H,44,50)/b42-25?,46-31+. The third-order valence-corrected chi connectivity index (χ3v) is 8.27. The van der Waals surface area contributed by atoms with Crippen LogP contribution in [0, 0.1) is 11.8 Å². The maximum Gasteiger partial charge on any atom is 0.406 e. The predicted molar refractivity (Wildman–Crippen MR) is 200 cm³/mol. The fraction of sp³-hybridized carbons (Fsp3) is 0.486. The summed E-state index contributed by atoms with van der Waals surface area (Å²) in [7, 11) is 0. The molecule has 53 heavy (non-hydrogen) atoms. The Labute approximate surface area is 307 Å². The number of likely N-dealkylation sites (tertiary alicyclic amines) is 1. The fourth-order valence-corrected chi connectivity index (χ4v) is 5.62. The third kappa shape index (κ3) is 15.1. The Morgan fingerprint density at radius 1 is 1.00 bits per heavy atom. The van der Waals surface area contributed by atoms with Crippen molar-refractivity contribution in [3.63, 3.8) is 0 Å². The van der Waals surface area contributed by atoms with Gasteiger partial charge in [0.25, 0.3) is 0 Å². The molecule has 0 aliphatic carbocycles. The number of nitrogens with two attached hydrogens (primary N) is 1. The quantitative estimate of drug-likeness (QED) is 0.0364. The van der Waals surface area contributed by atoms with E-state index in [-0.39, 0.29) is 30.8 Å². The average molecular weight is 743 g/mol. The molecule has 0 radical (unpaired) electrons. The van der Waals surface area contributed by atoms with Gasteiger partial charge < -0.3 is 50.6 Å². The van der Waals surface area contributed by atoms with Gasteiger partial charge in [0.15, 0.2) is 0 Å². The van der Waals surface area contributed by atoms with E-state index in [0.717, 1.165) is 49.2 Å². The lowest BCUT2D eigenvalue weighted by Gasteiger charge is -2.32. The molecule has 1 aromatic heterocycles. The van der Waals surface area contributed by atoms with Gasteiger partial charge >= 0.3 is 6.18 Å². The van der Waals surface area contributed by atoms with Crippen LogP contribution in [0.15, 0.2) is 64.7 Å². The molecule has 2 aromatic carbocycles. The SMILES string of the molecule is N/N=C(\C=NCC(=O)NCCOCCOCCOCCN1CCC(Nc2cccc3c2cc(C#CCNc2ccccc2)n3CC(F)(F)F)CC1)CO. The Balaban J connectivity index is 1.10. The minimum Gasteiger partial charge on any atom is -0.390 e. The van der Waals surface area contributed by atoms with Gasteiger partial charge in [-0.2, -0.15) is 18.3 Å². The number of piperidine rings is 1. The molecule has 1 saturated heterocycles. The molecule has 1 amide bonds. The van der Waals surface area contributed by atoms with E-state index in [1.165, 1.54) is 10.8 Å². The molecule has 4 rings (SSSR count). The summed E-state index contributed by atoms with van der Waals surface area (Å²) >= 11 is 0. The van der Waals surface area contributed by atoms with E-state index in [1.54, 1.807) is 18.2 Å². The van der Waals surface area contributed by atoms with Crippen LogP contribution in [0.2, 0.25) is 0 Å². The molecule has 1 aliphatic rings. The number of benzene rings is 2. The van der Waals surface area contributed by atoms with Crippen molar-refractivity contribution in [2.24, 2.45) is 15.9 Å². The minimum atomic E-state index is -4.39. The van der Waals surface area contributed by atoms with Crippen molar-refractivity contribution in [1.29, 1.82) is 0 Å². The van der Waals surface area contributed by atoms with Crippen molar-refractivity contribution in [2.45, 2.75) is 31.6 Å². The molecule has 1 fully saturated rings. The lowest BCUT2D eigenvalue weighted by molar-refractivity contribution is -0.140. The Hall–Kier alpha value is -4.66.